The van der Waals surface area contributed by atoms with Crippen LogP contribution in [0.3, 0.4) is 0 Å². The highest BCUT2D eigenvalue weighted by atomic mass is 16.5. The predicted molar refractivity (Wildman–Crippen MR) is 58.9 cm³/mol. The van der Waals surface area contributed by atoms with Crippen molar-refractivity contribution in [3.63, 3.8) is 0 Å². The number of nitrogens with one attached hydrogen (secondary N) is 1. The van der Waals surface area contributed by atoms with Crippen LogP contribution in [0.15, 0.2) is 0 Å². The lowest BCUT2D eigenvalue weighted by atomic mass is 10.2. The number of hydrogen-bond donors (Lipinski definition) is 2. The van der Waals surface area contributed by atoms with E-state index in [9.17, 15) is 14.4 Å². The molecular weight excluding hydrogens is 228 g/mol. The van der Waals surface area contributed by atoms with Crippen molar-refractivity contribution < 1.29 is 23.9 Å². The van der Waals surface area contributed by atoms with E-state index in [4.69, 9.17) is 10.5 Å². The van der Waals surface area contributed by atoms with E-state index in [2.05, 4.69) is 10.1 Å². The number of ether oxygens (including phenoxy) is 2. The summed E-state index contributed by atoms with van der Waals surface area (Å²) in [5.74, 6) is -1.88. The number of esters is 1. The smallest absolute Gasteiger partial charge is 0.308 e. The van der Waals surface area contributed by atoms with Crippen LogP contribution in [0.1, 0.15) is 20.3 Å². The number of carbonyl (C=O) groups is 3. The second-order valence-electron chi connectivity index (χ2n) is 3.17. The van der Waals surface area contributed by atoms with Crippen LogP contribution >= 0.6 is 0 Å². The molecule has 2 amide bonds. The molecule has 0 bridgehead atoms. The summed E-state index contributed by atoms with van der Waals surface area (Å²) in [6, 6.07) is -1.07. The zero-order valence-electron chi connectivity index (χ0n) is 10.0. The average molecular weight is 246 g/mol. The Morgan fingerprint density at radius 1 is 1.24 bits per heavy atom. The van der Waals surface area contributed by atoms with Crippen LogP contribution < -0.4 is 11.1 Å². The van der Waals surface area contributed by atoms with Gasteiger partial charge in [0.1, 0.15) is 12.6 Å². The molecule has 0 aromatic heterocycles. The standard InChI is InChI=1S/C10H18N2O5/c1-3-16-6-8(13)12-7(10(11)15)5-9(14)17-4-2/h7H,3-6H2,1-2H3,(H2,11,15)(H,12,13)/t7-/m0/s1. The average Bonchev–Trinajstić information content (AvgIpc) is 2.25. The highest BCUT2D eigenvalue weighted by Gasteiger charge is 2.22. The third kappa shape index (κ3) is 7.29. The summed E-state index contributed by atoms with van der Waals surface area (Å²) in [5.41, 5.74) is 5.06. The van der Waals surface area contributed by atoms with Gasteiger partial charge in [-0.1, -0.05) is 0 Å². The van der Waals surface area contributed by atoms with Gasteiger partial charge < -0.3 is 20.5 Å². The van der Waals surface area contributed by atoms with Gasteiger partial charge in [-0.25, -0.2) is 0 Å². The topological polar surface area (TPSA) is 108 Å². The molecule has 0 spiro atoms. The Bertz CT molecular complexity index is 280. The maximum atomic E-state index is 11.3. The van der Waals surface area contributed by atoms with E-state index >= 15 is 0 Å². The van der Waals surface area contributed by atoms with Crippen LogP contribution in [0.2, 0.25) is 0 Å². The number of carbonyl (C=O) groups excluding carboxylic acids is 3. The van der Waals surface area contributed by atoms with E-state index in [-0.39, 0.29) is 19.6 Å². The third-order valence-corrected chi connectivity index (χ3v) is 1.79. The van der Waals surface area contributed by atoms with Gasteiger partial charge in [0.15, 0.2) is 0 Å². The molecule has 0 saturated carbocycles. The highest BCUT2D eigenvalue weighted by molar-refractivity contribution is 5.90. The summed E-state index contributed by atoms with van der Waals surface area (Å²) in [7, 11) is 0. The molecule has 17 heavy (non-hydrogen) atoms. The summed E-state index contributed by atoms with van der Waals surface area (Å²) in [5, 5.41) is 2.30. The van der Waals surface area contributed by atoms with Crippen molar-refractivity contribution in [2.45, 2.75) is 26.3 Å². The minimum atomic E-state index is -1.07. The van der Waals surface area contributed by atoms with Crippen molar-refractivity contribution in [2.24, 2.45) is 5.73 Å². The Labute approximate surface area is 99.6 Å². The molecule has 0 aliphatic carbocycles. The Morgan fingerprint density at radius 3 is 2.35 bits per heavy atom. The van der Waals surface area contributed by atoms with E-state index in [0.29, 0.717) is 6.61 Å². The molecule has 0 fully saturated rings. The predicted octanol–water partition coefficient (Wildman–Crippen LogP) is -1.05. The quantitative estimate of drug-likeness (QED) is 0.531. The largest absolute Gasteiger partial charge is 0.466 e. The molecule has 0 rings (SSSR count). The second kappa shape index (κ2) is 8.51. The molecule has 7 nitrogen and oxygen atoms in total. The second-order valence-corrected chi connectivity index (χ2v) is 3.17. The molecule has 98 valence electrons. The van der Waals surface area contributed by atoms with Gasteiger partial charge in [0.2, 0.25) is 11.8 Å². The minimum Gasteiger partial charge on any atom is -0.466 e. The first-order chi connectivity index (χ1) is 8.01. The number of amides is 2. The zero-order valence-corrected chi connectivity index (χ0v) is 10.0. The number of primary amides is 1. The lowest BCUT2D eigenvalue weighted by molar-refractivity contribution is -0.145. The molecule has 7 heteroatoms. The Balaban J connectivity index is 4.19. The van der Waals surface area contributed by atoms with Crippen molar-refractivity contribution in [1.82, 2.24) is 5.32 Å². The first kappa shape index (κ1) is 15.4. The van der Waals surface area contributed by atoms with Crippen LogP contribution in [-0.4, -0.2) is 43.6 Å². The molecule has 0 aromatic rings. The van der Waals surface area contributed by atoms with Crippen molar-refractivity contribution in [2.75, 3.05) is 19.8 Å². The van der Waals surface area contributed by atoms with Crippen molar-refractivity contribution >= 4 is 17.8 Å². The first-order valence-electron chi connectivity index (χ1n) is 5.33. The van der Waals surface area contributed by atoms with Crippen molar-refractivity contribution in [3.05, 3.63) is 0 Å². The summed E-state index contributed by atoms with van der Waals surface area (Å²) >= 11 is 0. The van der Waals surface area contributed by atoms with Crippen LogP contribution in [0.5, 0.6) is 0 Å². The van der Waals surface area contributed by atoms with Gasteiger partial charge in [-0.2, -0.15) is 0 Å². The monoisotopic (exact) mass is 246 g/mol. The van der Waals surface area contributed by atoms with Crippen molar-refractivity contribution in [3.8, 4) is 0 Å². The lowest BCUT2D eigenvalue weighted by Crippen LogP contribution is -2.47. The summed E-state index contributed by atoms with van der Waals surface area (Å²) in [6.07, 6.45) is -0.277. The van der Waals surface area contributed by atoms with E-state index in [1.54, 1.807) is 13.8 Å². The molecule has 0 aromatic carbocycles. The van der Waals surface area contributed by atoms with Crippen LogP contribution in [0.4, 0.5) is 0 Å². The fraction of sp³-hybridized carbons (Fsp3) is 0.700. The zero-order chi connectivity index (χ0) is 13.3. The molecule has 1 atom stereocenters. The van der Waals surface area contributed by atoms with Gasteiger partial charge in [0.25, 0.3) is 0 Å². The Kier molecular flexibility index (Phi) is 7.70. The molecule has 0 unspecified atom stereocenters. The van der Waals surface area contributed by atoms with Gasteiger partial charge >= 0.3 is 5.97 Å². The van der Waals surface area contributed by atoms with Crippen LogP contribution in [-0.2, 0) is 23.9 Å². The SMILES string of the molecule is CCOCC(=O)N[C@@H](CC(=O)OCC)C(N)=O. The number of nitrogens with two attached hydrogens (primary N) is 1. The molecule has 0 heterocycles. The van der Waals surface area contributed by atoms with Gasteiger partial charge in [-0.05, 0) is 13.8 Å². The van der Waals surface area contributed by atoms with Crippen LogP contribution in [0, 0.1) is 0 Å². The number of rotatable bonds is 8. The molecule has 0 saturated heterocycles. The van der Waals surface area contributed by atoms with Crippen LogP contribution in [0.25, 0.3) is 0 Å². The first-order valence-corrected chi connectivity index (χ1v) is 5.33. The summed E-state index contributed by atoms with van der Waals surface area (Å²) < 4.78 is 9.50. The van der Waals surface area contributed by atoms with E-state index < -0.39 is 23.8 Å². The van der Waals surface area contributed by atoms with Crippen molar-refractivity contribution in [1.29, 1.82) is 0 Å². The molecule has 0 radical (unpaired) electrons. The summed E-state index contributed by atoms with van der Waals surface area (Å²) in [4.78, 5) is 33.4. The van der Waals surface area contributed by atoms with Gasteiger partial charge in [-0.3, -0.25) is 14.4 Å². The van der Waals surface area contributed by atoms with Gasteiger partial charge in [0.05, 0.1) is 13.0 Å². The fourth-order valence-corrected chi connectivity index (χ4v) is 1.04. The normalized spacial score (nSPS) is 11.6. The molecule has 0 aliphatic rings. The van der Waals surface area contributed by atoms with E-state index in [1.807, 2.05) is 0 Å². The number of hydrogen-bond acceptors (Lipinski definition) is 5. The van der Waals surface area contributed by atoms with E-state index in [0.717, 1.165) is 0 Å². The van der Waals surface area contributed by atoms with E-state index in [1.165, 1.54) is 0 Å². The molecule has 0 aliphatic heterocycles. The lowest BCUT2D eigenvalue weighted by Gasteiger charge is -2.14. The third-order valence-electron chi connectivity index (χ3n) is 1.79. The highest BCUT2D eigenvalue weighted by Crippen LogP contribution is 1.95. The Morgan fingerprint density at radius 2 is 1.88 bits per heavy atom. The van der Waals surface area contributed by atoms with Gasteiger partial charge in [-0.15, -0.1) is 0 Å². The molecular formula is C10H18N2O5. The maximum absolute atomic E-state index is 11.3. The van der Waals surface area contributed by atoms with Gasteiger partial charge in [0, 0.05) is 6.61 Å². The maximum Gasteiger partial charge on any atom is 0.308 e. The minimum absolute atomic E-state index is 0.177. The summed E-state index contributed by atoms with van der Waals surface area (Å²) in [6.45, 7) is 3.79. The fourth-order valence-electron chi connectivity index (χ4n) is 1.04. The molecule has 3 N–H and O–H groups in total. The Hall–Kier alpha value is -1.63.